The SMILES string of the molecule is CC(=O)N1CCc2c(c(Nc3ccc(-c4cnn(C)c4)c(C(F)F)c3)nn2C)C1. The molecule has 1 aliphatic heterocycles. The van der Waals surface area contributed by atoms with Crippen LogP contribution in [0.15, 0.2) is 30.6 Å². The summed E-state index contributed by atoms with van der Waals surface area (Å²) in [4.78, 5) is 13.5. The standard InChI is InChI=1S/C20H22F2N6O/c1-12(29)28-7-6-18-17(11-28)20(25-27(18)3)24-14-4-5-15(16(8-14)19(21)22)13-9-23-26(2)10-13/h4-5,8-10,19H,6-7,11H2,1-3H3,(H,24,25). The normalized spacial score (nSPS) is 13.7. The molecule has 0 spiro atoms. The summed E-state index contributed by atoms with van der Waals surface area (Å²) >= 11 is 0. The number of halogens is 2. The Balaban J connectivity index is 1.67. The van der Waals surface area contributed by atoms with E-state index in [4.69, 9.17) is 0 Å². The maximum Gasteiger partial charge on any atom is 0.264 e. The minimum atomic E-state index is -2.63. The van der Waals surface area contributed by atoms with Crippen LogP contribution in [0.3, 0.4) is 0 Å². The molecule has 4 rings (SSSR count). The van der Waals surface area contributed by atoms with Gasteiger partial charge < -0.3 is 10.2 Å². The largest absolute Gasteiger partial charge is 0.338 e. The zero-order valence-corrected chi connectivity index (χ0v) is 16.5. The number of aromatic nitrogens is 4. The van der Waals surface area contributed by atoms with Crippen molar-refractivity contribution in [1.29, 1.82) is 0 Å². The molecule has 0 unspecified atom stereocenters. The fraction of sp³-hybridized carbons (Fsp3) is 0.350. The number of hydrogen-bond donors (Lipinski definition) is 1. The molecule has 0 bridgehead atoms. The lowest BCUT2D eigenvalue weighted by atomic mass is 10.0. The Labute approximate surface area is 166 Å². The molecule has 0 saturated heterocycles. The molecule has 1 N–H and O–H groups in total. The molecule has 29 heavy (non-hydrogen) atoms. The van der Waals surface area contributed by atoms with Crippen LogP contribution < -0.4 is 5.32 Å². The van der Waals surface area contributed by atoms with Gasteiger partial charge in [0.1, 0.15) is 0 Å². The van der Waals surface area contributed by atoms with Gasteiger partial charge in [-0.2, -0.15) is 10.2 Å². The van der Waals surface area contributed by atoms with Gasteiger partial charge in [0, 0.05) is 68.3 Å². The zero-order chi connectivity index (χ0) is 20.7. The smallest absolute Gasteiger partial charge is 0.264 e. The Hall–Kier alpha value is -3.23. The summed E-state index contributed by atoms with van der Waals surface area (Å²) in [5, 5.41) is 11.7. The number of hydrogen-bond acceptors (Lipinski definition) is 4. The second-order valence-corrected chi connectivity index (χ2v) is 7.22. The van der Waals surface area contributed by atoms with E-state index in [1.54, 1.807) is 52.8 Å². The second kappa shape index (κ2) is 7.31. The van der Waals surface area contributed by atoms with Crippen LogP contribution in [-0.4, -0.2) is 36.9 Å². The van der Waals surface area contributed by atoms with Crippen molar-refractivity contribution in [3.8, 4) is 11.1 Å². The predicted molar refractivity (Wildman–Crippen MR) is 105 cm³/mol. The molecule has 152 valence electrons. The summed E-state index contributed by atoms with van der Waals surface area (Å²) in [5.74, 6) is 0.592. The molecule has 3 heterocycles. The zero-order valence-electron chi connectivity index (χ0n) is 16.5. The monoisotopic (exact) mass is 400 g/mol. The number of carbonyl (C=O) groups is 1. The minimum Gasteiger partial charge on any atom is -0.338 e. The third-order valence-electron chi connectivity index (χ3n) is 5.25. The van der Waals surface area contributed by atoms with E-state index >= 15 is 0 Å². The lowest BCUT2D eigenvalue weighted by Crippen LogP contribution is -2.34. The van der Waals surface area contributed by atoms with Crippen molar-refractivity contribution in [3.05, 3.63) is 47.4 Å². The van der Waals surface area contributed by atoms with E-state index in [1.165, 1.54) is 6.07 Å². The Morgan fingerprint density at radius 2 is 2.07 bits per heavy atom. The maximum absolute atomic E-state index is 13.7. The summed E-state index contributed by atoms with van der Waals surface area (Å²) in [7, 11) is 3.60. The highest BCUT2D eigenvalue weighted by Gasteiger charge is 2.25. The van der Waals surface area contributed by atoms with E-state index in [2.05, 4.69) is 15.5 Å². The first-order chi connectivity index (χ1) is 13.8. The molecule has 1 amide bonds. The van der Waals surface area contributed by atoms with Crippen LogP contribution >= 0.6 is 0 Å². The van der Waals surface area contributed by atoms with E-state index in [9.17, 15) is 13.6 Å². The van der Waals surface area contributed by atoms with Crippen LogP contribution in [0.1, 0.15) is 30.2 Å². The Kier molecular flexibility index (Phi) is 4.81. The molecule has 1 aliphatic rings. The third kappa shape index (κ3) is 3.59. The van der Waals surface area contributed by atoms with Gasteiger partial charge in [0.05, 0.1) is 12.7 Å². The second-order valence-electron chi connectivity index (χ2n) is 7.22. The third-order valence-corrected chi connectivity index (χ3v) is 5.25. The van der Waals surface area contributed by atoms with Gasteiger partial charge in [-0.1, -0.05) is 6.07 Å². The number of aryl methyl sites for hydroxylation is 2. The summed E-state index contributed by atoms with van der Waals surface area (Å²) in [6.45, 7) is 2.65. The van der Waals surface area contributed by atoms with Gasteiger partial charge in [0.25, 0.3) is 6.43 Å². The van der Waals surface area contributed by atoms with Crippen LogP contribution in [0.25, 0.3) is 11.1 Å². The Morgan fingerprint density at radius 3 is 2.72 bits per heavy atom. The van der Waals surface area contributed by atoms with Crippen LogP contribution in [0, 0.1) is 0 Å². The van der Waals surface area contributed by atoms with Gasteiger partial charge in [-0.05, 0) is 17.7 Å². The van der Waals surface area contributed by atoms with E-state index in [-0.39, 0.29) is 11.5 Å². The van der Waals surface area contributed by atoms with Crippen molar-refractivity contribution in [3.63, 3.8) is 0 Å². The van der Waals surface area contributed by atoms with Gasteiger partial charge in [-0.3, -0.25) is 14.2 Å². The summed E-state index contributed by atoms with van der Waals surface area (Å²) in [6.07, 6.45) is 1.36. The highest BCUT2D eigenvalue weighted by molar-refractivity contribution is 5.75. The topological polar surface area (TPSA) is 68.0 Å². The Bertz CT molecular complexity index is 1070. The Morgan fingerprint density at radius 1 is 1.28 bits per heavy atom. The van der Waals surface area contributed by atoms with Gasteiger partial charge in [0.15, 0.2) is 5.82 Å². The van der Waals surface area contributed by atoms with Crippen molar-refractivity contribution in [2.24, 2.45) is 14.1 Å². The first-order valence-corrected chi connectivity index (χ1v) is 9.32. The predicted octanol–water partition coefficient (Wildman–Crippen LogP) is 3.41. The van der Waals surface area contributed by atoms with Gasteiger partial charge in [-0.25, -0.2) is 8.78 Å². The highest BCUT2D eigenvalue weighted by Crippen LogP contribution is 2.35. The fourth-order valence-electron chi connectivity index (χ4n) is 3.74. The van der Waals surface area contributed by atoms with Crippen LogP contribution in [0.4, 0.5) is 20.3 Å². The molecule has 2 aromatic heterocycles. The fourth-order valence-corrected chi connectivity index (χ4v) is 3.74. The van der Waals surface area contributed by atoms with Crippen LogP contribution in [0.2, 0.25) is 0 Å². The molecule has 1 aromatic carbocycles. The highest BCUT2D eigenvalue weighted by atomic mass is 19.3. The number of anilines is 2. The number of nitrogens with one attached hydrogen (secondary N) is 1. The molecule has 0 aliphatic carbocycles. The number of fused-ring (bicyclic) bond motifs is 1. The quantitative estimate of drug-likeness (QED) is 0.729. The van der Waals surface area contributed by atoms with Gasteiger partial charge in [0.2, 0.25) is 5.91 Å². The van der Waals surface area contributed by atoms with Crippen molar-refractivity contribution >= 4 is 17.4 Å². The molecular weight excluding hydrogens is 378 g/mol. The molecule has 9 heteroatoms. The maximum atomic E-state index is 13.7. The minimum absolute atomic E-state index is 0.00580. The number of benzene rings is 1. The molecule has 0 atom stereocenters. The lowest BCUT2D eigenvalue weighted by Gasteiger charge is -2.26. The van der Waals surface area contributed by atoms with E-state index in [0.29, 0.717) is 42.1 Å². The molecule has 3 aromatic rings. The van der Waals surface area contributed by atoms with Crippen molar-refractivity contribution in [2.45, 2.75) is 26.3 Å². The number of alkyl halides is 2. The first-order valence-electron chi connectivity index (χ1n) is 9.32. The molecular formula is C20H22F2N6O. The number of carbonyl (C=O) groups excluding carboxylic acids is 1. The summed E-state index contributed by atoms with van der Waals surface area (Å²) in [6, 6.07) is 4.86. The van der Waals surface area contributed by atoms with E-state index in [0.717, 1.165) is 11.3 Å². The number of amides is 1. The average molecular weight is 400 g/mol. The molecule has 7 nitrogen and oxygen atoms in total. The number of rotatable bonds is 4. The van der Waals surface area contributed by atoms with Gasteiger partial charge in [-0.15, -0.1) is 0 Å². The van der Waals surface area contributed by atoms with Crippen molar-refractivity contribution in [1.82, 2.24) is 24.5 Å². The first kappa shape index (κ1) is 19.1. The number of nitrogens with zero attached hydrogens (tertiary/aromatic N) is 5. The molecule has 0 saturated carbocycles. The molecule has 0 fully saturated rings. The lowest BCUT2D eigenvalue weighted by molar-refractivity contribution is -0.129. The van der Waals surface area contributed by atoms with Gasteiger partial charge >= 0.3 is 0 Å². The summed E-state index contributed by atoms with van der Waals surface area (Å²) in [5.41, 5.74) is 3.51. The average Bonchev–Trinajstić information content (AvgIpc) is 3.25. The molecule has 0 radical (unpaired) electrons. The van der Waals surface area contributed by atoms with E-state index < -0.39 is 6.43 Å². The van der Waals surface area contributed by atoms with Crippen LogP contribution in [-0.2, 0) is 31.9 Å². The van der Waals surface area contributed by atoms with Crippen molar-refractivity contribution in [2.75, 3.05) is 11.9 Å². The van der Waals surface area contributed by atoms with E-state index in [1.807, 2.05) is 7.05 Å². The summed E-state index contributed by atoms with van der Waals surface area (Å²) < 4.78 is 30.8. The van der Waals surface area contributed by atoms with Crippen LogP contribution in [0.5, 0.6) is 0 Å². The van der Waals surface area contributed by atoms with Crippen molar-refractivity contribution < 1.29 is 13.6 Å².